The zero-order valence-corrected chi connectivity index (χ0v) is 17.2. The maximum absolute atomic E-state index is 13.2. The Balaban J connectivity index is 1.86. The van der Waals surface area contributed by atoms with Gasteiger partial charge in [0.25, 0.3) is 5.91 Å². The first-order chi connectivity index (χ1) is 13.5. The van der Waals surface area contributed by atoms with E-state index < -0.39 is 0 Å². The molecule has 0 aromatic carbocycles. The molecule has 144 valence electrons. The first-order valence-electron chi connectivity index (χ1n) is 9.25. The Bertz CT molecular complexity index is 1070. The van der Waals surface area contributed by atoms with Crippen LogP contribution >= 0.6 is 22.7 Å². The molecule has 0 bridgehead atoms. The highest BCUT2D eigenvalue weighted by Gasteiger charge is 2.29. The molecular weight excluding hydrogens is 390 g/mol. The second-order valence-corrected chi connectivity index (χ2v) is 9.02. The number of nitrogens with zero attached hydrogens (tertiary/aromatic N) is 3. The molecular formula is C20H21N5OS2. The first-order valence-corrected chi connectivity index (χ1v) is 10.9. The van der Waals surface area contributed by atoms with Crippen molar-refractivity contribution in [2.75, 3.05) is 18.5 Å². The Morgan fingerprint density at radius 1 is 1.32 bits per heavy atom. The van der Waals surface area contributed by atoms with E-state index in [4.69, 9.17) is 11.5 Å². The van der Waals surface area contributed by atoms with E-state index in [0.717, 1.165) is 30.6 Å². The van der Waals surface area contributed by atoms with Gasteiger partial charge in [-0.15, -0.1) is 22.7 Å². The minimum absolute atomic E-state index is 0.0818. The molecule has 0 unspecified atom stereocenters. The van der Waals surface area contributed by atoms with E-state index in [1.54, 1.807) is 0 Å². The Morgan fingerprint density at radius 3 is 2.71 bits per heavy atom. The molecule has 0 aliphatic heterocycles. The number of fused-ring (bicyclic) bond motifs is 1. The molecule has 8 heteroatoms. The number of rotatable bonds is 3. The number of amides is 1. The molecule has 3 aromatic heterocycles. The van der Waals surface area contributed by atoms with Gasteiger partial charge in [-0.1, -0.05) is 25.3 Å². The molecule has 1 aliphatic carbocycles. The molecule has 1 saturated carbocycles. The van der Waals surface area contributed by atoms with Crippen molar-refractivity contribution in [3.8, 4) is 16.5 Å². The Hall–Kier alpha value is -2.63. The lowest BCUT2D eigenvalue weighted by Gasteiger charge is -2.31. The average molecular weight is 412 g/mol. The van der Waals surface area contributed by atoms with E-state index in [2.05, 4.69) is 11.1 Å². The quantitative estimate of drug-likeness (QED) is 0.661. The van der Waals surface area contributed by atoms with Crippen molar-refractivity contribution >= 4 is 50.3 Å². The molecule has 4 rings (SSSR count). The molecule has 0 atom stereocenters. The number of hydrogen-bond donors (Lipinski definition) is 2. The van der Waals surface area contributed by atoms with Crippen LogP contribution in [0.2, 0.25) is 0 Å². The van der Waals surface area contributed by atoms with Crippen LogP contribution in [0.25, 0.3) is 20.7 Å². The van der Waals surface area contributed by atoms with Crippen LogP contribution < -0.4 is 11.5 Å². The summed E-state index contributed by atoms with van der Waals surface area (Å²) in [7, 11) is 1.85. The predicted octanol–water partition coefficient (Wildman–Crippen LogP) is 4.47. The molecule has 28 heavy (non-hydrogen) atoms. The zero-order valence-electron chi connectivity index (χ0n) is 15.6. The zero-order chi connectivity index (χ0) is 19.8. The van der Waals surface area contributed by atoms with Crippen LogP contribution in [0.1, 0.15) is 47.3 Å². The summed E-state index contributed by atoms with van der Waals surface area (Å²) in [5, 5.41) is 12.2. The minimum atomic E-state index is -0.0818. The van der Waals surface area contributed by atoms with Crippen molar-refractivity contribution in [1.29, 1.82) is 5.26 Å². The second kappa shape index (κ2) is 7.41. The number of carbonyl (C=O) groups is 1. The molecule has 3 aromatic rings. The Labute approximate surface area is 171 Å². The summed E-state index contributed by atoms with van der Waals surface area (Å²) in [6, 6.07) is 6.24. The van der Waals surface area contributed by atoms with Crippen LogP contribution in [0.5, 0.6) is 0 Å². The van der Waals surface area contributed by atoms with Gasteiger partial charge in [0.2, 0.25) is 0 Å². The largest absolute Gasteiger partial charge is 0.397 e. The molecule has 0 spiro atoms. The van der Waals surface area contributed by atoms with E-state index in [1.807, 2.05) is 29.5 Å². The van der Waals surface area contributed by atoms with Crippen molar-refractivity contribution < 1.29 is 4.79 Å². The minimum Gasteiger partial charge on any atom is -0.397 e. The van der Waals surface area contributed by atoms with Crippen LogP contribution in [-0.2, 0) is 0 Å². The molecule has 0 saturated heterocycles. The molecule has 3 heterocycles. The van der Waals surface area contributed by atoms with Gasteiger partial charge in [0, 0.05) is 28.9 Å². The van der Waals surface area contributed by atoms with E-state index in [1.165, 1.54) is 29.1 Å². The number of nitriles is 1. The molecule has 0 radical (unpaired) electrons. The highest BCUT2D eigenvalue weighted by atomic mass is 32.1. The lowest BCUT2D eigenvalue weighted by atomic mass is 9.94. The van der Waals surface area contributed by atoms with Crippen LogP contribution in [0.15, 0.2) is 17.5 Å². The van der Waals surface area contributed by atoms with Gasteiger partial charge in [0.1, 0.15) is 27.2 Å². The van der Waals surface area contributed by atoms with Crippen LogP contribution in [0, 0.1) is 11.3 Å². The van der Waals surface area contributed by atoms with Crippen LogP contribution in [0.4, 0.5) is 11.5 Å². The fraction of sp³-hybridized carbons (Fsp3) is 0.350. The standard InChI is InChI=1S/C20H21N5OS2/c1-25(11-6-3-2-4-7-11)20(26)17-16(22)15-14(13-8-5-9-27-13)12(10-21)18(23)24-19(15)28-17/h5,8-9,11H,2-4,6-7,22H2,1H3,(H2,23,24). The van der Waals surface area contributed by atoms with Crippen LogP contribution in [0.3, 0.4) is 0 Å². The maximum atomic E-state index is 13.2. The number of thiophene rings is 2. The number of nitrogens with two attached hydrogens (primary N) is 2. The summed E-state index contributed by atoms with van der Waals surface area (Å²) >= 11 is 2.76. The summed E-state index contributed by atoms with van der Waals surface area (Å²) in [4.78, 5) is 21.4. The molecule has 1 fully saturated rings. The van der Waals surface area contributed by atoms with Crippen LogP contribution in [-0.4, -0.2) is 28.9 Å². The maximum Gasteiger partial charge on any atom is 0.266 e. The van der Waals surface area contributed by atoms with Gasteiger partial charge in [-0.3, -0.25) is 4.79 Å². The SMILES string of the molecule is CN(C(=O)c1sc2nc(N)c(C#N)c(-c3cccs3)c2c1N)C1CCCCC1. The fourth-order valence-electron chi connectivity index (χ4n) is 3.90. The van der Waals surface area contributed by atoms with Crippen molar-refractivity contribution in [3.63, 3.8) is 0 Å². The van der Waals surface area contributed by atoms with Gasteiger partial charge in [-0.25, -0.2) is 4.98 Å². The van der Waals surface area contributed by atoms with Gasteiger partial charge >= 0.3 is 0 Å². The highest BCUT2D eigenvalue weighted by molar-refractivity contribution is 7.21. The number of carbonyl (C=O) groups excluding carboxylic acids is 1. The number of aromatic nitrogens is 1. The monoisotopic (exact) mass is 411 g/mol. The van der Waals surface area contributed by atoms with E-state index in [9.17, 15) is 10.1 Å². The normalized spacial score (nSPS) is 14.9. The molecule has 1 amide bonds. The summed E-state index contributed by atoms with van der Waals surface area (Å²) in [5.74, 6) is 0.0842. The number of anilines is 2. The van der Waals surface area contributed by atoms with Crippen molar-refractivity contribution in [3.05, 3.63) is 28.0 Å². The highest BCUT2D eigenvalue weighted by Crippen LogP contribution is 2.44. The molecule has 6 nitrogen and oxygen atoms in total. The summed E-state index contributed by atoms with van der Waals surface area (Å²) < 4.78 is 0. The Morgan fingerprint density at radius 2 is 2.07 bits per heavy atom. The smallest absolute Gasteiger partial charge is 0.266 e. The van der Waals surface area contributed by atoms with Crippen molar-refractivity contribution in [2.24, 2.45) is 0 Å². The lowest BCUT2D eigenvalue weighted by molar-refractivity contribution is 0.0702. The second-order valence-electron chi connectivity index (χ2n) is 7.07. The van der Waals surface area contributed by atoms with E-state index in [0.29, 0.717) is 31.9 Å². The van der Waals surface area contributed by atoms with Gasteiger partial charge in [0.15, 0.2) is 0 Å². The van der Waals surface area contributed by atoms with Gasteiger partial charge in [0.05, 0.1) is 5.69 Å². The number of pyridine rings is 1. The topological polar surface area (TPSA) is 109 Å². The van der Waals surface area contributed by atoms with E-state index >= 15 is 0 Å². The van der Waals surface area contributed by atoms with Crippen molar-refractivity contribution in [2.45, 2.75) is 38.1 Å². The first kappa shape index (κ1) is 18.7. The molecule has 4 N–H and O–H groups in total. The summed E-state index contributed by atoms with van der Waals surface area (Å²) in [6.45, 7) is 0. The van der Waals surface area contributed by atoms with Crippen molar-refractivity contribution in [1.82, 2.24) is 9.88 Å². The van der Waals surface area contributed by atoms with Gasteiger partial charge in [-0.2, -0.15) is 5.26 Å². The lowest BCUT2D eigenvalue weighted by Crippen LogP contribution is -2.38. The fourth-order valence-corrected chi connectivity index (χ4v) is 5.78. The van der Waals surface area contributed by atoms with E-state index in [-0.39, 0.29) is 17.8 Å². The Kier molecular flexibility index (Phi) is 4.96. The third-order valence-corrected chi connectivity index (χ3v) is 7.40. The van der Waals surface area contributed by atoms with Gasteiger partial charge < -0.3 is 16.4 Å². The predicted molar refractivity (Wildman–Crippen MR) is 115 cm³/mol. The molecule has 1 aliphatic rings. The number of nitrogen functional groups attached to an aromatic ring is 2. The summed E-state index contributed by atoms with van der Waals surface area (Å²) in [5.41, 5.74) is 13.9. The number of hydrogen-bond acceptors (Lipinski definition) is 7. The summed E-state index contributed by atoms with van der Waals surface area (Å²) in [6.07, 6.45) is 5.58. The average Bonchev–Trinajstić information content (AvgIpc) is 3.35. The van der Waals surface area contributed by atoms with Gasteiger partial charge in [-0.05, 0) is 24.3 Å². The third-order valence-electron chi connectivity index (χ3n) is 5.42. The third kappa shape index (κ3) is 3.01.